The minimum absolute atomic E-state index is 0.0306. The van der Waals surface area contributed by atoms with E-state index in [0.717, 1.165) is 22.4 Å². The number of benzene rings is 3. The van der Waals surface area contributed by atoms with E-state index in [9.17, 15) is 9.59 Å². The Morgan fingerprint density at radius 1 is 1.00 bits per heavy atom. The van der Waals surface area contributed by atoms with Gasteiger partial charge < -0.3 is 10.2 Å². The van der Waals surface area contributed by atoms with Crippen LogP contribution in [-0.4, -0.2) is 22.5 Å². The summed E-state index contributed by atoms with van der Waals surface area (Å²) in [6, 6.07) is 25.3. The molecule has 1 saturated heterocycles. The van der Waals surface area contributed by atoms with Gasteiger partial charge in [-0.05, 0) is 42.3 Å². The predicted molar refractivity (Wildman–Crippen MR) is 118 cm³/mol. The molecule has 1 atom stereocenters. The number of hydrogen-bond donors (Lipinski definition) is 1. The standard InChI is InChI=1S/C24H22N2O2S/c1-17-7-13-21(14-8-17)25-23(28)19-9-11-20(12-10-19)24-26(22(27)16-29-24)15-18-5-3-2-4-6-18/h2-14,24H,15-16H2,1H3,(H,25,28). The van der Waals surface area contributed by atoms with Crippen molar-refractivity contribution in [2.75, 3.05) is 11.1 Å². The van der Waals surface area contributed by atoms with E-state index < -0.39 is 0 Å². The molecule has 4 nitrogen and oxygen atoms in total. The monoisotopic (exact) mass is 402 g/mol. The maximum atomic E-state index is 12.5. The lowest BCUT2D eigenvalue weighted by Gasteiger charge is -2.24. The molecule has 1 N–H and O–H groups in total. The second kappa shape index (κ2) is 8.53. The number of anilines is 1. The normalized spacial score (nSPS) is 16.1. The smallest absolute Gasteiger partial charge is 0.255 e. The lowest BCUT2D eigenvalue weighted by Crippen LogP contribution is -2.27. The number of amides is 2. The second-order valence-electron chi connectivity index (χ2n) is 7.11. The van der Waals surface area contributed by atoms with Crippen molar-refractivity contribution in [2.45, 2.75) is 18.8 Å². The molecular formula is C24H22N2O2S. The van der Waals surface area contributed by atoms with Gasteiger partial charge in [-0.25, -0.2) is 0 Å². The van der Waals surface area contributed by atoms with Crippen LogP contribution in [0.15, 0.2) is 78.9 Å². The maximum Gasteiger partial charge on any atom is 0.255 e. The Labute approximate surface area is 174 Å². The van der Waals surface area contributed by atoms with Gasteiger partial charge in [0, 0.05) is 17.8 Å². The summed E-state index contributed by atoms with van der Waals surface area (Å²) in [4.78, 5) is 26.8. The highest BCUT2D eigenvalue weighted by Crippen LogP contribution is 2.39. The highest BCUT2D eigenvalue weighted by Gasteiger charge is 2.32. The van der Waals surface area contributed by atoms with Crippen molar-refractivity contribution < 1.29 is 9.59 Å². The van der Waals surface area contributed by atoms with Crippen LogP contribution in [-0.2, 0) is 11.3 Å². The number of rotatable bonds is 5. The van der Waals surface area contributed by atoms with E-state index in [4.69, 9.17) is 0 Å². The molecule has 1 aliphatic rings. The Bertz CT molecular complexity index is 1000. The van der Waals surface area contributed by atoms with Gasteiger partial charge in [0.2, 0.25) is 5.91 Å². The molecule has 0 spiro atoms. The number of carbonyl (C=O) groups is 2. The Balaban J connectivity index is 1.47. The van der Waals surface area contributed by atoms with E-state index in [2.05, 4.69) is 5.32 Å². The number of nitrogens with one attached hydrogen (secondary N) is 1. The van der Waals surface area contributed by atoms with E-state index in [1.165, 1.54) is 0 Å². The maximum absolute atomic E-state index is 12.5. The molecule has 3 aromatic rings. The first-order valence-corrected chi connectivity index (χ1v) is 10.6. The van der Waals surface area contributed by atoms with E-state index in [0.29, 0.717) is 17.9 Å². The molecule has 0 aromatic heterocycles. The van der Waals surface area contributed by atoms with Crippen LogP contribution in [0.25, 0.3) is 0 Å². The highest BCUT2D eigenvalue weighted by molar-refractivity contribution is 8.00. The first kappa shape index (κ1) is 19.3. The first-order valence-electron chi connectivity index (χ1n) is 9.53. The summed E-state index contributed by atoms with van der Waals surface area (Å²) < 4.78 is 0. The van der Waals surface area contributed by atoms with Crippen LogP contribution in [0, 0.1) is 6.92 Å². The van der Waals surface area contributed by atoms with Crippen molar-refractivity contribution in [3.05, 3.63) is 101 Å². The van der Waals surface area contributed by atoms with Gasteiger partial charge in [-0.15, -0.1) is 11.8 Å². The molecule has 1 aliphatic heterocycles. The third-order valence-electron chi connectivity index (χ3n) is 4.93. The van der Waals surface area contributed by atoms with Crippen LogP contribution in [0.1, 0.15) is 32.4 Å². The highest BCUT2D eigenvalue weighted by atomic mass is 32.2. The Morgan fingerprint density at radius 2 is 1.69 bits per heavy atom. The third kappa shape index (κ3) is 4.51. The van der Waals surface area contributed by atoms with Gasteiger partial charge in [0.15, 0.2) is 0 Å². The molecule has 0 radical (unpaired) electrons. The molecule has 0 saturated carbocycles. The fourth-order valence-corrected chi connectivity index (χ4v) is 4.51. The zero-order chi connectivity index (χ0) is 20.2. The van der Waals surface area contributed by atoms with Crippen molar-refractivity contribution in [3.8, 4) is 0 Å². The molecule has 1 unspecified atom stereocenters. The Hall–Kier alpha value is -3.05. The van der Waals surface area contributed by atoms with Crippen molar-refractivity contribution in [3.63, 3.8) is 0 Å². The molecular weight excluding hydrogens is 380 g/mol. The SMILES string of the molecule is Cc1ccc(NC(=O)c2ccc(C3SCC(=O)N3Cc3ccccc3)cc2)cc1. The second-order valence-corrected chi connectivity index (χ2v) is 8.18. The average molecular weight is 403 g/mol. The van der Waals surface area contributed by atoms with Gasteiger partial charge in [0.05, 0.1) is 5.75 Å². The fraction of sp³-hybridized carbons (Fsp3) is 0.167. The molecule has 3 aromatic carbocycles. The molecule has 0 bridgehead atoms. The molecule has 0 aliphatic carbocycles. The zero-order valence-corrected chi connectivity index (χ0v) is 17.0. The van der Waals surface area contributed by atoms with Crippen LogP contribution < -0.4 is 5.32 Å². The molecule has 29 heavy (non-hydrogen) atoms. The zero-order valence-electron chi connectivity index (χ0n) is 16.2. The van der Waals surface area contributed by atoms with Crippen molar-refractivity contribution in [1.82, 2.24) is 4.90 Å². The molecule has 2 amide bonds. The van der Waals surface area contributed by atoms with Gasteiger partial charge in [-0.3, -0.25) is 9.59 Å². The van der Waals surface area contributed by atoms with Crippen molar-refractivity contribution in [1.29, 1.82) is 0 Å². The molecule has 5 heteroatoms. The number of aryl methyl sites for hydroxylation is 1. The first-order chi connectivity index (χ1) is 14.1. The topological polar surface area (TPSA) is 49.4 Å². The van der Waals surface area contributed by atoms with Crippen LogP contribution in [0.5, 0.6) is 0 Å². The van der Waals surface area contributed by atoms with Gasteiger partial charge in [0.1, 0.15) is 5.37 Å². The van der Waals surface area contributed by atoms with Gasteiger partial charge in [0.25, 0.3) is 5.91 Å². The molecule has 4 rings (SSSR count). The predicted octanol–water partition coefficient (Wildman–Crippen LogP) is 5.02. The number of thioether (sulfide) groups is 1. The Morgan fingerprint density at radius 3 is 2.38 bits per heavy atom. The summed E-state index contributed by atoms with van der Waals surface area (Å²) in [5.41, 5.74) is 4.66. The minimum Gasteiger partial charge on any atom is -0.322 e. The lowest BCUT2D eigenvalue weighted by molar-refractivity contribution is -0.128. The average Bonchev–Trinajstić information content (AvgIpc) is 3.11. The lowest BCUT2D eigenvalue weighted by atomic mass is 10.1. The number of nitrogens with zero attached hydrogens (tertiary/aromatic N) is 1. The van der Waals surface area contributed by atoms with Crippen LogP contribution >= 0.6 is 11.8 Å². The van der Waals surface area contributed by atoms with Crippen LogP contribution in [0.4, 0.5) is 5.69 Å². The summed E-state index contributed by atoms with van der Waals surface area (Å²) in [5, 5.41) is 2.88. The quantitative estimate of drug-likeness (QED) is 0.652. The summed E-state index contributed by atoms with van der Waals surface area (Å²) in [6.07, 6.45) is 0. The third-order valence-corrected chi connectivity index (χ3v) is 6.19. The molecule has 146 valence electrons. The van der Waals surface area contributed by atoms with Crippen LogP contribution in [0.2, 0.25) is 0 Å². The summed E-state index contributed by atoms with van der Waals surface area (Å²) >= 11 is 1.62. The number of carbonyl (C=O) groups excluding carboxylic acids is 2. The molecule has 1 heterocycles. The van der Waals surface area contributed by atoms with Crippen LogP contribution in [0.3, 0.4) is 0 Å². The Kier molecular flexibility index (Phi) is 5.67. The van der Waals surface area contributed by atoms with E-state index in [1.54, 1.807) is 11.8 Å². The summed E-state index contributed by atoms with van der Waals surface area (Å²) in [5.74, 6) is 0.481. The number of hydrogen-bond acceptors (Lipinski definition) is 3. The van der Waals surface area contributed by atoms with Crippen molar-refractivity contribution in [2.24, 2.45) is 0 Å². The van der Waals surface area contributed by atoms with E-state index >= 15 is 0 Å². The molecule has 1 fully saturated rings. The summed E-state index contributed by atoms with van der Waals surface area (Å²) in [7, 11) is 0. The minimum atomic E-state index is -0.142. The largest absolute Gasteiger partial charge is 0.322 e. The van der Waals surface area contributed by atoms with E-state index in [-0.39, 0.29) is 17.2 Å². The van der Waals surface area contributed by atoms with Gasteiger partial charge >= 0.3 is 0 Å². The van der Waals surface area contributed by atoms with Gasteiger partial charge in [-0.2, -0.15) is 0 Å². The van der Waals surface area contributed by atoms with Crippen molar-refractivity contribution >= 4 is 29.3 Å². The van der Waals surface area contributed by atoms with Gasteiger partial charge in [-0.1, -0.05) is 60.2 Å². The fourth-order valence-electron chi connectivity index (χ4n) is 3.32. The van der Waals surface area contributed by atoms with E-state index in [1.807, 2.05) is 90.7 Å². The summed E-state index contributed by atoms with van der Waals surface area (Å²) in [6.45, 7) is 2.60.